The van der Waals surface area contributed by atoms with Gasteiger partial charge in [0, 0.05) is 17.8 Å². The molecule has 2 aliphatic carbocycles. The highest BCUT2D eigenvalue weighted by Crippen LogP contribution is 2.33. The molecular formula is C17H33IN4O2S. The van der Waals surface area contributed by atoms with Crippen LogP contribution in [0, 0.1) is 5.92 Å². The van der Waals surface area contributed by atoms with Crippen molar-refractivity contribution < 1.29 is 9.53 Å². The first-order chi connectivity index (χ1) is 11.7. The molecule has 0 bridgehead atoms. The summed E-state index contributed by atoms with van der Waals surface area (Å²) in [6.45, 7) is 5.72. The molecule has 0 aliphatic heterocycles. The topological polar surface area (TPSA) is 74.8 Å². The van der Waals surface area contributed by atoms with Crippen LogP contribution in [0.2, 0.25) is 0 Å². The van der Waals surface area contributed by atoms with E-state index in [2.05, 4.69) is 29.1 Å². The highest BCUT2D eigenvalue weighted by molar-refractivity contribution is 14.0. The number of carbonyl (C=O) groups excluding carboxylic acids is 1. The summed E-state index contributed by atoms with van der Waals surface area (Å²) in [5.74, 6) is 1.40. The van der Waals surface area contributed by atoms with Crippen LogP contribution >= 0.6 is 35.7 Å². The number of halogens is 1. The summed E-state index contributed by atoms with van der Waals surface area (Å²) in [6.07, 6.45) is 7.84. The van der Waals surface area contributed by atoms with E-state index in [1.807, 2.05) is 18.7 Å². The molecule has 146 valence electrons. The smallest absolute Gasteiger partial charge is 0.407 e. The monoisotopic (exact) mass is 484 g/mol. The van der Waals surface area contributed by atoms with Crippen LogP contribution in [-0.4, -0.2) is 55.3 Å². The lowest BCUT2D eigenvalue weighted by Gasteiger charge is -2.20. The molecule has 0 aromatic heterocycles. The predicted octanol–water partition coefficient (Wildman–Crippen LogP) is 2.97. The number of alkyl carbamates (subject to hydrolysis) is 1. The van der Waals surface area contributed by atoms with Crippen LogP contribution in [0.4, 0.5) is 4.79 Å². The van der Waals surface area contributed by atoms with Crippen LogP contribution < -0.4 is 16.0 Å². The van der Waals surface area contributed by atoms with Crippen molar-refractivity contribution in [2.75, 3.05) is 26.0 Å². The molecule has 2 rings (SSSR count). The van der Waals surface area contributed by atoms with E-state index in [0.29, 0.717) is 25.1 Å². The lowest BCUT2D eigenvalue weighted by molar-refractivity contribution is 0.147. The van der Waals surface area contributed by atoms with Crippen molar-refractivity contribution in [1.29, 1.82) is 0 Å². The molecule has 0 saturated heterocycles. The summed E-state index contributed by atoms with van der Waals surface area (Å²) < 4.78 is 5.00. The van der Waals surface area contributed by atoms with Gasteiger partial charge >= 0.3 is 6.09 Å². The van der Waals surface area contributed by atoms with E-state index in [1.165, 1.54) is 19.3 Å². The first-order valence-electron chi connectivity index (χ1n) is 9.17. The molecule has 2 aliphatic rings. The summed E-state index contributed by atoms with van der Waals surface area (Å²) in [4.78, 5) is 16.4. The zero-order valence-electron chi connectivity index (χ0n) is 15.5. The molecule has 3 unspecified atom stereocenters. The molecule has 2 saturated carbocycles. The van der Waals surface area contributed by atoms with Gasteiger partial charge in [-0.05, 0) is 58.1 Å². The SMILES string of the molecule is CCNC(=NCC(NC(=O)OCC)C1CC1)NC1CCC(SC)C1.I. The van der Waals surface area contributed by atoms with Gasteiger partial charge < -0.3 is 20.7 Å². The van der Waals surface area contributed by atoms with Crippen LogP contribution in [0.3, 0.4) is 0 Å². The Hall–Kier alpha value is -0.380. The fourth-order valence-electron chi connectivity index (χ4n) is 3.12. The maximum Gasteiger partial charge on any atom is 0.407 e. The summed E-state index contributed by atoms with van der Waals surface area (Å²) in [5, 5.41) is 10.6. The molecule has 6 nitrogen and oxygen atoms in total. The maximum absolute atomic E-state index is 11.7. The number of nitrogens with one attached hydrogen (secondary N) is 3. The van der Waals surface area contributed by atoms with Gasteiger partial charge in [0.2, 0.25) is 0 Å². The third-order valence-electron chi connectivity index (χ3n) is 4.62. The molecule has 3 atom stereocenters. The Balaban J connectivity index is 0.00000312. The highest BCUT2D eigenvalue weighted by atomic mass is 127. The van der Waals surface area contributed by atoms with Gasteiger partial charge in [0.15, 0.2) is 5.96 Å². The summed E-state index contributed by atoms with van der Waals surface area (Å²) in [7, 11) is 0. The van der Waals surface area contributed by atoms with Gasteiger partial charge in [-0.3, -0.25) is 4.99 Å². The van der Waals surface area contributed by atoms with Crippen LogP contribution in [0.1, 0.15) is 46.0 Å². The minimum absolute atomic E-state index is 0. The Kier molecular flexibility index (Phi) is 11.0. The molecule has 0 radical (unpaired) electrons. The molecule has 1 amide bonds. The zero-order chi connectivity index (χ0) is 17.4. The van der Waals surface area contributed by atoms with E-state index in [0.717, 1.165) is 30.6 Å². The van der Waals surface area contributed by atoms with E-state index in [9.17, 15) is 4.79 Å². The number of hydrogen-bond donors (Lipinski definition) is 3. The van der Waals surface area contributed by atoms with Crippen molar-refractivity contribution in [1.82, 2.24) is 16.0 Å². The number of ether oxygens (including phenoxy) is 1. The van der Waals surface area contributed by atoms with Gasteiger partial charge in [0.25, 0.3) is 0 Å². The number of rotatable bonds is 8. The average Bonchev–Trinajstić information content (AvgIpc) is 3.31. The van der Waals surface area contributed by atoms with Gasteiger partial charge in [-0.2, -0.15) is 11.8 Å². The molecule has 0 aromatic rings. The molecule has 8 heteroatoms. The van der Waals surface area contributed by atoms with Gasteiger partial charge in [0.05, 0.1) is 19.2 Å². The van der Waals surface area contributed by atoms with Crippen molar-refractivity contribution in [3.05, 3.63) is 0 Å². The summed E-state index contributed by atoms with van der Waals surface area (Å²) in [5.41, 5.74) is 0. The summed E-state index contributed by atoms with van der Waals surface area (Å²) >= 11 is 1.96. The van der Waals surface area contributed by atoms with Crippen molar-refractivity contribution in [3.8, 4) is 0 Å². The van der Waals surface area contributed by atoms with E-state index >= 15 is 0 Å². The Morgan fingerprint density at radius 2 is 2.04 bits per heavy atom. The van der Waals surface area contributed by atoms with Crippen LogP contribution in [0.25, 0.3) is 0 Å². The van der Waals surface area contributed by atoms with Gasteiger partial charge in [-0.25, -0.2) is 4.79 Å². The first kappa shape index (κ1) is 22.7. The second-order valence-electron chi connectivity index (χ2n) is 6.54. The lowest BCUT2D eigenvalue weighted by atomic mass is 10.2. The lowest BCUT2D eigenvalue weighted by Crippen LogP contribution is -2.44. The van der Waals surface area contributed by atoms with E-state index in [-0.39, 0.29) is 36.1 Å². The van der Waals surface area contributed by atoms with Crippen molar-refractivity contribution >= 4 is 47.8 Å². The first-order valence-corrected chi connectivity index (χ1v) is 10.5. The number of carbonyl (C=O) groups is 1. The quantitative estimate of drug-likeness (QED) is 0.281. The number of aliphatic imine (C=N–C) groups is 1. The minimum atomic E-state index is -0.332. The number of thioether (sulfide) groups is 1. The third-order valence-corrected chi connectivity index (χ3v) is 5.71. The van der Waals surface area contributed by atoms with Crippen LogP contribution in [-0.2, 0) is 4.74 Å². The van der Waals surface area contributed by atoms with Crippen LogP contribution in [0.15, 0.2) is 4.99 Å². The number of guanidine groups is 1. The molecule has 0 spiro atoms. The Bertz CT molecular complexity index is 435. The second-order valence-corrected chi connectivity index (χ2v) is 7.68. The van der Waals surface area contributed by atoms with Gasteiger partial charge in [-0.1, -0.05) is 0 Å². The molecular weight excluding hydrogens is 451 g/mol. The predicted molar refractivity (Wildman–Crippen MR) is 116 cm³/mol. The largest absolute Gasteiger partial charge is 0.450 e. The van der Waals surface area contributed by atoms with Gasteiger partial charge in [0.1, 0.15) is 0 Å². The Morgan fingerprint density at radius 3 is 2.60 bits per heavy atom. The van der Waals surface area contributed by atoms with E-state index in [4.69, 9.17) is 9.73 Å². The standard InChI is InChI=1S/C17H32N4O2S.HI/c1-4-18-16(20-13-8-9-14(10-13)24-3)19-11-15(12-6-7-12)21-17(22)23-5-2;/h12-15H,4-11H2,1-3H3,(H,21,22)(H2,18,19,20);1H. The minimum Gasteiger partial charge on any atom is -0.450 e. The number of amides is 1. The Labute approximate surface area is 173 Å². The van der Waals surface area contributed by atoms with Crippen molar-refractivity contribution in [2.45, 2.75) is 63.3 Å². The van der Waals surface area contributed by atoms with Gasteiger partial charge in [-0.15, -0.1) is 24.0 Å². The normalized spacial score (nSPS) is 24.2. The molecule has 0 heterocycles. The highest BCUT2D eigenvalue weighted by Gasteiger charge is 2.32. The zero-order valence-corrected chi connectivity index (χ0v) is 18.7. The molecule has 25 heavy (non-hydrogen) atoms. The summed E-state index contributed by atoms with van der Waals surface area (Å²) in [6, 6.07) is 0.569. The van der Waals surface area contributed by atoms with E-state index in [1.54, 1.807) is 0 Å². The molecule has 0 aromatic carbocycles. The number of hydrogen-bond acceptors (Lipinski definition) is 4. The number of nitrogens with zero attached hydrogens (tertiary/aromatic N) is 1. The fourth-order valence-corrected chi connectivity index (χ4v) is 3.92. The van der Waals surface area contributed by atoms with E-state index < -0.39 is 0 Å². The average molecular weight is 484 g/mol. The third kappa shape index (κ3) is 8.23. The molecule has 2 fully saturated rings. The van der Waals surface area contributed by atoms with Crippen molar-refractivity contribution in [3.63, 3.8) is 0 Å². The molecule has 3 N–H and O–H groups in total. The maximum atomic E-state index is 11.7. The fraction of sp³-hybridized carbons (Fsp3) is 0.882. The Morgan fingerprint density at radius 1 is 1.28 bits per heavy atom. The second kappa shape index (κ2) is 12.1. The van der Waals surface area contributed by atoms with Crippen molar-refractivity contribution in [2.24, 2.45) is 10.9 Å². The van der Waals surface area contributed by atoms with Crippen LogP contribution in [0.5, 0.6) is 0 Å².